The molecule has 1 aliphatic heterocycles. The van der Waals surface area contributed by atoms with Crippen LogP contribution in [0.3, 0.4) is 0 Å². The summed E-state index contributed by atoms with van der Waals surface area (Å²) in [4.78, 5) is 2.37. The van der Waals surface area contributed by atoms with Gasteiger partial charge < -0.3 is 14.2 Å². The van der Waals surface area contributed by atoms with Gasteiger partial charge in [-0.3, -0.25) is 4.90 Å². The molecule has 0 bridgehead atoms. The molecule has 0 spiro atoms. The molecule has 0 aromatic heterocycles. The van der Waals surface area contributed by atoms with Crippen LogP contribution >= 0.6 is 0 Å². The molecule has 1 fully saturated rings. The molecule has 0 radical (unpaired) electrons. The molecule has 16 heavy (non-hydrogen) atoms. The van der Waals surface area contributed by atoms with Crippen molar-refractivity contribution in [3.63, 3.8) is 0 Å². The van der Waals surface area contributed by atoms with Gasteiger partial charge in [-0.15, -0.1) is 0 Å². The van der Waals surface area contributed by atoms with Crippen LogP contribution in [0.2, 0.25) is 0 Å². The van der Waals surface area contributed by atoms with Gasteiger partial charge in [0.25, 0.3) is 0 Å². The molecule has 0 aliphatic carbocycles. The predicted molar refractivity (Wildman–Crippen MR) is 63.5 cm³/mol. The van der Waals surface area contributed by atoms with Crippen LogP contribution in [0.15, 0.2) is 0 Å². The van der Waals surface area contributed by atoms with Crippen molar-refractivity contribution in [3.05, 3.63) is 0 Å². The number of hydrogen-bond donors (Lipinski definition) is 0. The minimum absolute atomic E-state index is 0.0969. The fourth-order valence-electron chi connectivity index (χ4n) is 1.98. The molecule has 1 heterocycles. The van der Waals surface area contributed by atoms with E-state index in [1.54, 1.807) is 0 Å². The predicted octanol–water partition coefficient (Wildman–Crippen LogP) is 1.50. The molecule has 1 saturated heterocycles. The summed E-state index contributed by atoms with van der Waals surface area (Å²) in [5.74, 6) is 0. The fraction of sp³-hybridized carbons (Fsp3) is 1.00. The fourth-order valence-corrected chi connectivity index (χ4v) is 1.98. The first-order chi connectivity index (χ1) is 7.76. The summed E-state index contributed by atoms with van der Waals surface area (Å²) in [6.45, 7) is 11.3. The Balaban J connectivity index is 2.35. The first-order valence-corrected chi connectivity index (χ1v) is 6.33. The van der Waals surface area contributed by atoms with E-state index in [1.807, 2.05) is 13.8 Å². The Morgan fingerprint density at radius 1 is 1.31 bits per heavy atom. The highest BCUT2D eigenvalue weighted by Crippen LogP contribution is 2.08. The van der Waals surface area contributed by atoms with Crippen molar-refractivity contribution in [2.24, 2.45) is 0 Å². The zero-order chi connectivity index (χ0) is 11.8. The van der Waals surface area contributed by atoms with E-state index in [-0.39, 0.29) is 6.29 Å². The van der Waals surface area contributed by atoms with Crippen LogP contribution in [0.25, 0.3) is 0 Å². The van der Waals surface area contributed by atoms with Gasteiger partial charge in [0.15, 0.2) is 6.29 Å². The summed E-state index contributed by atoms with van der Waals surface area (Å²) >= 11 is 0. The average Bonchev–Trinajstić information content (AvgIpc) is 2.43. The van der Waals surface area contributed by atoms with Crippen molar-refractivity contribution in [2.75, 3.05) is 39.5 Å². The molecule has 1 atom stereocenters. The molecule has 1 unspecified atom stereocenters. The Hall–Kier alpha value is -0.160. The molecule has 1 aliphatic rings. The van der Waals surface area contributed by atoms with E-state index in [0.29, 0.717) is 19.3 Å². The smallest absolute Gasteiger partial charge is 0.170 e. The summed E-state index contributed by atoms with van der Waals surface area (Å²) in [5.41, 5.74) is 0. The van der Waals surface area contributed by atoms with Crippen LogP contribution in [0.4, 0.5) is 0 Å². The highest BCUT2D eigenvalue weighted by Gasteiger charge is 2.19. The van der Waals surface area contributed by atoms with Gasteiger partial charge in [-0.2, -0.15) is 0 Å². The van der Waals surface area contributed by atoms with E-state index in [9.17, 15) is 0 Å². The highest BCUT2D eigenvalue weighted by atomic mass is 16.7. The maximum Gasteiger partial charge on any atom is 0.170 e. The minimum Gasteiger partial charge on any atom is -0.377 e. The second kappa shape index (κ2) is 8.01. The lowest BCUT2D eigenvalue weighted by atomic mass is 10.3. The summed E-state index contributed by atoms with van der Waals surface area (Å²) in [5, 5.41) is 0. The molecule has 4 nitrogen and oxygen atoms in total. The Kier molecular flexibility index (Phi) is 6.96. The Morgan fingerprint density at radius 3 is 2.62 bits per heavy atom. The van der Waals surface area contributed by atoms with Crippen LogP contribution in [0.1, 0.15) is 27.2 Å². The summed E-state index contributed by atoms with van der Waals surface area (Å²) < 4.78 is 16.7. The van der Waals surface area contributed by atoms with Crippen LogP contribution < -0.4 is 0 Å². The molecule has 0 N–H and O–H groups in total. The molecule has 0 saturated carbocycles. The monoisotopic (exact) mass is 231 g/mol. The van der Waals surface area contributed by atoms with Gasteiger partial charge in [0.2, 0.25) is 0 Å². The van der Waals surface area contributed by atoms with Gasteiger partial charge in [-0.05, 0) is 27.2 Å². The van der Waals surface area contributed by atoms with Gasteiger partial charge in [0.1, 0.15) is 0 Å². The maximum absolute atomic E-state index is 5.61. The zero-order valence-corrected chi connectivity index (χ0v) is 10.8. The molecule has 0 aromatic rings. The van der Waals surface area contributed by atoms with Gasteiger partial charge >= 0.3 is 0 Å². The first-order valence-electron chi connectivity index (χ1n) is 6.33. The first kappa shape index (κ1) is 13.9. The molecule has 4 heteroatoms. The Bertz CT molecular complexity index is 172. The number of hydrogen-bond acceptors (Lipinski definition) is 4. The zero-order valence-electron chi connectivity index (χ0n) is 10.8. The number of ether oxygens (including phenoxy) is 3. The van der Waals surface area contributed by atoms with E-state index < -0.39 is 0 Å². The summed E-state index contributed by atoms with van der Waals surface area (Å²) in [7, 11) is 0. The Morgan fingerprint density at radius 2 is 2.00 bits per heavy atom. The van der Waals surface area contributed by atoms with Gasteiger partial charge in [-0.25, -0.2) is 0 Å². The standard InChI is InChI=1S/C12H25NO3/c1-4-14-12(15-5-2)10-13-7-6-8-16-11(3)9-13/h11-12H,4-10H2,1-3H3. The van der Waals surface area contributed by atoms with E-state index in [0.717, 1.165) is 32.7 Å². The highest BCUT2D eigenvalue weighted by molar-refractivity contribution is 4.68. The van der Waals surface area contributed by atoms with Crippen molar-refractivity contribution in [1.29, 1.82) is 0 Å². The van der Waals surface area contributed by atoms with Crippen molar-refractivity contribution in [1.82, 2.24) is 4.90 Å². The van der Waals surface area contributed by atoms with Crippen molar-refractivity contribution < 1.29 is 14.2 Å². The molecule has 0 aromatic carbocycles. The summed E-state index contributed by atoms with van der Waals surface area (Å²) in [6.07, 6.45) is 1.31. The maximum atomic E-state index is 5.61. The van der Waals surface area contributed by atoms with Crippen LogP contribution in [0, 0.1) is 0 Å². The molecule has 96 valence electrons. The lowest BCUT2D eigenvalue weighted by molar-refractivity contribution is -0.147. The van der Waals surface area contributed by atoms with E-state index in [1.165, 1.54) is 0 Å². The third-order valence-electron chi connectivity index (χ3n) is 2.65. The number of nitrogens with zero attached hydrogens (tertiary/aromatic N) is 1. The largest absolute Gasteiger partial charge is 0.377 e. The van der Waals surface area contributed by atoms with Crippen LogP contribution in [-0.4, -0.2) is 56.7 Å². The number of rotatable bonds is 6. The molecular formula is C12H25NO3. The minimum atomic E-state index is -0.0969. The quantitative estimate of drug-likeness (QED) is 0.648. The van der Waals surface area contributed by atoms with Gasteiger partial charge in [-0.1, -0.05) is 0 Å². The molecule has 1 rings (SSSR count). The average molecular weight is 231 g/mol. The van der Waals surface area contributed by atoms with E-state index in [2.05, 4.69) is 11.8 Å². The topological polar surface area (TPSA) is 30.9 Å². The normalized spacial score (nSPS) is 23.6. The van der Waals surface area contributed by atoms with Gasteiger partial charge in [0.05, 0.1) is 6.10 Å². The lowest BCUT2D eigenvalue weighted by Gasteiger charge is -2.26. The van der Waals surface area contributed by atoms with Gasteiger partial charge in [0, 0.05) is 39.5 Å². The van der Waals surface area contributed by atoms with Crippen molar-refractivity contribution in [2.45, 2.75) is 39.6 Å². The van der Waals surface area contributed by atoms with Crippen LogP contribution in [0.5, 0.6) is 0 Å². The summed E-state index contributed by atoms with van der Waals surface area (Å²) in [6, 6.07) is 0. The second-order valence-electron chi connectivity index (χ2n) is 4.13. The molecular weight excluding hydrogens is 206 g/mol. The third-order valence-corrected chi connectivity index (χ3v) is 2.65. The van der Waals surface area contributed by atoms with Crippen molar-refractivity contribution in [3.8, 4) is 0 Å². The third kappa shape index (κ3) is 5.25. The van der Waals surface area contributed by atoms with E-state index in [4.69, 9.17) is 14.2 Å². The second-order valence-corrected chi connectivity index (χ2v) is 4.13. The van der Waals surface area contributed by atoms with Crippen molar-refractivity contribution >= 4 is 0 Å². The SMILES string of the molecule is CCOC(CN1CCCOC(C)C1)OCC. The Labute approximate surface area is 98.8 Å². The van der Waals surface area contributed by atoms with Crippen LogP contribution in [-0.2, 0) is 14.2 Å². The lowest BCUT2D eigenvalue weighted by Crippen LogP contribution is -2.39. The van der Waals surface area contributed by atoms with E-state index >= 15 is 0 Å². The molecule has 0 amide bonds.